The maximum absolute atomic E-state index is 6.84. The van der Waals surface area contributed by atoms with Gasteiger partial charge in [-0.15, -0.1) is 0 Å². The fraction of sp³-hybridized carbons (Fsp3) is 0.138. The molecule has 0 spiro atoms. The van der Waals surface area contributed by atoms with Gasteiger partial charge >= 0.3 is 0 Å². The van der Waals surface area contributed by atoms with Gasteiger partial charge in [0.25, 0.3) is 0 Å². The van der Waals surface area contributed by atoms with Gasteiger partial charge in [-0.05, 0) is 125 Å². The molecule has 300 valence electrons. The molecule has 13 rings (SSSR count). The molecular weight excluding hydrogens is 757 g/mol. The molecule has 4 heteroatoms. The van der Waals surface area contributed by atoms with Gasteiger partial charge in [-0.2, -0.15) is 0 Å². The molecule has 9 aromatic carbocycles. The first-order valence-electron chi connectivity index (χ1n) is 22.1. The number of allylic oxidation sites excluding steroid dienone is 1. The van der Waals surface area contributed by atoms with Gasteiger partial charge in [0, 0.05) is 43.9 Å². The van der Waals surface area contributed by atoms with Crippen molar-refractivity contribution in [2.75, 3.05) is 9.80 Å². The number of furan rings is 2. The van der Waals surface area contributed by atoms with E-state index in [4.69, 9.17) is 8.83 Å². The number of rotatable bonds is 6. The van der Waals surface area contributed by atoms with Crippen molar-refractivity contribution in [3.63, 3.8) is 0 Å². The highest BCUT2D eigenvalue weighted by molar-refractivity contribution is 6.28. The average Bonchev–Trinajstić information content (AvgIpc) is 3.83. The van der Waals surface area contributed by atoms with Crippen molar-refractivity contribution in [1.29, 1.82) is 0 Å². The van der Waals surface area contributed by atoms with Crippen LogP contribution < -0.4 is 9.80 Å². The first-order valence-corrected chi connectivity index (χ1v) is 22.1. The lowest BCUT2D eigenvalue weighted by atomic mass is 9.91. The standard InChI is InChI=1S/C55H38N2O2.C3H8/c1-32-9-5-11-37(29-32)56(47-16-7-14-40-39-13-3-4-18-49(39)58-54(40)47)45-26-21-34-20-25-42-46(27-22-35-19-24-41(45)51(34)52(35)42)57(38-12-6-10-33(2)30-38)48-17-8-15-43-53-44-31-36(44)23-28-50(53)59-55(43)48;1-3-2/h3-30,36,44H,31H2,1-2H3;3H2,1-2H3. The largest absolute Gasteiger partial charge is 0.454 e. The molecule has 4 nitrogen and oxygen atoms in total. The predicted octanol–water partition coefficient (Wildman–Crippen LogP) is 17.3. The third-order valence-electron chi connectivity index (χ3n) is 13.0. The molecule has 2 aromatic heterocycles. The van der Waals surface area contributed by atoms with Crippen LogP contribution in [0.4, 0.5) is 34.1 Å². The molecule has 2 aliphatic carbocycles. The van der Waals surface area contributed by atoms with E-state index in [9.17, 15) is 0 Å². The van der Waals surface area contributed by atoms with E-state index in [0.717, 1.165) is 67.4 Å². The van der Waals surface area contributed by atoms with Crippen molar-refractivity contribution in [3.05, 3.63) is 186 Å². The predicted molar refractivity (Wildman–Crippen MR) is 262 cm³/mol. The molecule has 2 atom stereocenters. The second-order valence-electron chi connectivity index (χ2n) is 17.3. The van der Waals surface area contributed by atoms with E-state index in [2.05, 4.69) is 201 Å². The number of anilines is 6. The first kappa shape index (κ1) is 36.5. The zero-order chi connectivity index (χ0) is 41.6. The van der Waals surface area contributed by atoms with Crippen molar-refractivity contribution in [2.24, 2.45) is 5.92 Å². The SMILES string of the molecule is CCC.Cc1cccc(N(c2ccc3ccc4c(N(c5cccc(C)c5)c5cccc6c5oc5ccccc56)ccc5ccc2c3c54)c2cccc3c4c(oc23)C=CC2CC42)c1. The molecule has 0 radical (unpaired) electrons. The van der Waals surface area contributed by atoms with Crippen molar-refractivity contribution < 1.29 is 8.83 Å². The zero-order valence-corrected chi connectivity index (χ0v) is 35.4. The average molecular weight is 803 g/mol. The monoisotopic (exact) mass is 802 g/mol. The Bertz CT molecular complexity index is 3570. The van der Waals surface area contributed by atoms with Crippen LogP contribution in [-0.2, 0) is 0 Å². The summed E-state index contributed by atoms with van der Waals surface area (Å²) < 4.78 is 13.5. The van der Waals surface area contributed by atoms with E-state index in [-0.39, 0.29) is 0 Å². The van der Waals surface area contributed by atoms with Crippen LogP contribution in [0.15, 0.2) is 173 Å². The van der Waals surface area contributed by atoms with Crippen LogP contribution in [0.3, 0.4) is 0 Å². The van der Waals surface area contributed by atoms with Gasteiger partial charge in [0.1, 0.15) is 11.3 Å². The lowest BCUT2D eigenvalue weighted by Gasteiger charge is -2.29. The summed E-state index contributed by atoms with van der Waals surface area (Å²) >= 11 is 0. The van der Waals surface area contributed by atoms with Gasteiger partial charge in [0.2, 0.25) is 0 Å². The summed E-state index contributed by atoms with van der Waals surface area (Å²) in [5.74, 6) is 2.20. The number of hydrogen-bond donors (Lipinski definition) is 0. The Morgan fingerprint density at radius 2 is 1.03 bits per heavy atom. The van der Waals surface area contributed by atoms with Crippen LogP contribution in [0.5, 0.6) is 0 Å². The molecule has 1 fully saturated rings. The Balaban J connectivity index is 0.00000133. The third kappa shape index (κ3) is 5.59. The number of hydrogen-bond acceptors (Lipinski definition) is 4. The molecule has 62 heavy (non-hydrogen) atoms. The lowest BCUT2D eigenvalue weighted by Crippen LogP contribution is -2.12. The van der Waals surface area contributed by atoms with Crippen LogP contribution in [0.25, 0.3) is 71.3 Å². The van der Waals surface area contributed by atoms with Gasteiger partial charge in [-0.25, -0.2) is 0 Å². The minimum atomic E-state index is 0.556. The highest BCUT2D eigenvalue weighted by atomic mass is 16.3. The minimum Gasteiger partial charge on any atom is -0.454 e. The second-order valence-corrected chi connectivity index (χ2v) is 17.3. The van der Waals surface area contributed by atoms with Crippen molar-refractivity contribution >= 4 is 105 Å². The Hall–Kier alpha value is -7.30. The van der Waals surface area contributed by atoms with E-state index >= 15 is 0 Å². The summed E-state index contributed by atoms with van der Waals surface area (Å²) in [6.45, 7) is 8.58. The van der Waals surface area contributed by atoms with Crippen molar-refractivity contribution in [3.8, 4) is 0 Å². The minimum absolute atomic E-state index is 0.556. The maximum atomic E-state index is 6.84. The van der Waals surface area contributed by atoms with Crippen LogP contribution in [0.1, 0.15) is 55.1 Å². The topological polar surface area (TPSA) is 32.8 Å². The third-order valence-corrected chi connectivity index (χ3v) is 13.0. The van der Waals surface area contributed by atoms with Crippen LogP contribution in [-0.4, -0.2) is 0 Å². The molecule has 2 aliphatic rings. The molecule has 2 heterocycles. The van der Waals surface area contributed by atoms with Gasteiger partial charge in [0.15, 0.2) is 11.2 Å². The number of aryl methyl sites for hydroxylation is 2. The smallest absolute Gasteiger partial charge is 0.159 e. The van der Waals surface area contributed by atoms with Gasteiger partial charge in [-0.3, -0.25) is 0 Å². The van der Waals surface area contributed by atoms with Crippen molar-refractivity contribution in [1.82, 2.24) is 0 Å². The van der Waals surface area contributed by atoms with Gasteiger partial charge in [0.05, 0.1) is 22.7 Å². The molecule has 0 saturated heterocycles. The maximum Gasteiger partial charge on any atom is 0.159 e. The van der Waals surface area contributed by atoms with E-state index in [1.165, 1.54) is 67.2 Å². The van der Waals surface area contributed by atoms with Gasteiger partial charge in [-0.1, -0.05) is 129 Å². The zero-order valence-electron chi connectivity index (χ0n) is 35.4. The van der Waals surface area contributed by atoms with Crippen LogP contribution in [0.2, 0.25) is 0 Å². The second kappa shape index (κ2) is 14.1. The number of fused-ring (bicyclic) bond motifs is 8. The molecule has 1 saturated carbocycles. The lowest BCUT2D eigenvalue weighted by molar-refractivity contribution is 0.596. The molecule has 11 aromatic rings. The molecule has 2 unspecified atom stereocenters. The summed E-state index contributed by atoms with van der Waals surface area (Å²) in [7, 11) is 0. The highest BCUT2D eigenvalue weighted by Crippen LogP contribution is 2.57. The highest BCUT2D eigenvalue weighted by Gasteiger charge is 2.43. The Morgan fingerprint density at radius 3 is 1.65 bits per heavy atom. The Labute approximate surface area is 361 Å². The van der Waals surface area contributed by atoms with Crippen LogP contribution in [0, 0.1) is 19.8 Å². The van der Waals surface area contributed by atoms with Crippen molar-refractivity contribution in [2.45, 2.75) is 46.5 Å². The fourth-order valence-electron chi connectivity index (χ4n) is 10.2. The summed E-state index contributed by atoms with van der Waals surface area (Å²) in [6, 6.07) is 57.5. The molecule has 0 N–H and O–H groups in total. The number of nitrogens with zero attached hydrogens (tertiary/aromatic N) is 2. The van der Waals surface area contributed by atoms with E-state index in [1.54, 1.807) is 0 Å². The van der Waals surface area contributed by atoms with E-state index in [1.807, 2.05) is 6.07 Å². The molecule has 0 amide bonds. The molecule has 0 aliphatic heterocycles. The van der Waals surface area contributed by atoms with Crippen LogP contribution >= 0.6 is 0 Å². The Kier molecular flexibility index (Phi) is 8.33. The first-order chi connectivity index (χ1) is 30.5. The fourth-order valence-corrected chi connectivity index (χ4v) is 10.2. The summed E-state index contributed by atoms with van der Waals surface area (Å²) in [5, 5.41) is 10.7. The molecular formula is C58H46N2O2. The molecule has 0 bridgehead atoms. The number of para-hydroxylation sites is 3. The van der Waals surface area contributed by atoms with E-state index < -0.39 is 0 Å². The van der Waals surface area contributed by atoms with E-state index in [0.29, 0.717) is 11.8 Å². The summed E-state index contributed by atoms with van der Waals surface area (Å²) in [4.78, 5) is 4.81. The summed E-state index contributed by atoms with van der Waals surface area (Å²) in [5.41, 5.74) is 12.9. The quantitative estimate of drug-likeness (QED) is 0.157. The normalized spacial score (nSPS) is 15.4. The Morgan fingerprint density at radius 1 is 0.500 bits per heavy atom. The summed E-state index contributed by atoms with van der Waals surface area (Å²) in [6.07, 6.45) is 6.99. The van der Waals surface area contributed by atoms with Gasteiger partial charge < -0.3 is 18.6 Å². The number of benzene rings is 9.